The van der Waals surface area contributed by atoms with Gasteiger partial charge in [0.2, 0.25) is 6.10 Å². The highest BCUT2D eigenvalue weighted by molar-refractivity contribution is 5.99. The van der Waals surface area contributed by atoms with Gasteiger partial charge in [-0.2, -0.15) is 0 Å². The summed E-state index contributed by atoms with van der Waals surface area (Å²) in [6.45, 7) is 1.87. The highest BCUT2D eigenvalue weighted by Gasteiger charge is 2.28. The molecule has 3 aromatic carbocycles. The summed E-state index contributed by atoms with van der Waals surface area (Å²) >= 11 is 0. The SMILES string of the molecule is COc1ccc(C)cc1NC(=O)C(OC(=O)c1ccc(N(C)C)c([N+](=O)[O-])c1)c1ccccc1. The second-order valence-electron chi connectivity index (χ2n) is 7.74. The predicted molar refractivity (Wildman–Crippen MR) is 128 cm³/mol. The van der Waals surface area contributed by atoms with Crippen molar-refractivity contribution in [1.29, 1.82) is 0 Å². The number of nitro groups is 1. The lowest BCUT2D eigenvalue weighted by Crippen LogP contribution is -2.26. The van der Waals surface area contributed by atoms with Gasteiger partial charge in [-0.3, -0.25) is 14.9 Å². The van der Waals surface area contributed by atoms with E-state index in [-0.39, 0.29) is 11.3 Å². The van der Waals surface area contributed by atoms with Gasteiger partial charge in [-0.25, -0.2) is 4.79 Å². The van der Waals surface area contributed by atoms with Crippen LogP contribution < -0.4 is 15.0 Å². The normalized spacial score (nSPS) is 11.3. The Bertz CT molecular complexity index is 1210. The van der Waals surface area contributed by atoms with E-state index in [1.807, 2.05) is 13.0 Å². The van der Waals surface area contributed by atoms with Crippen molar-refractivity contribution in [2.45, 2.75) is 13.0 Å². The highest BCUT2D eigenvalue weighted by atomic mass is 16.6. The minimum Gasteiger partial charge on any atom is -0.495 e. The Morgan fingerprint density at radius 1 is 1.03 bits per heavy atom. The summed E-state index contributed by atoms with van der Waals surface area (Å²) in [4.78, 5) is 38.7. The second-order valence-corrected chi connectivity index (χ2v) is 7.74. The third-order valence-electron chi connectivity index (χ3n) is 5.07. The van der Waals surface area contributed by atoms with Crippen molar-refractivity contribution < 1.29 is 24.0 Å². The van der Waals surface area contributed by atoms with Crippen molar-refractivity contribution in [3.8, 4) is 5.75 Å². The van der Waals surface area contributed by atoms with Crippen LogP contribution in [0, 0.1) is 17.0 Å². The molecule has 0 fully saturated rings. The minimum absolute atomic E-state index is 0.0424. The Balaban J connectivity index is 1.93. The molecule has 9 heteroatoms. The maximum Gasteiger partial charge on any atom is 0.339 e. The molecular formula is C25H25N3O6. The fourth-order valence-corrected chi connectivity index (χ4v) is 3.37. The topological polar surface area (TPSA) is 111 Å². The van der Waals surface area contributed by atoms with Crippen molar-refractivity contribution >= 4 is 28.9 Å². The van der Waals surface area contributed by atoms with Crippen LogP contribution in [0.25, 0.3) is 0 Å². The number of rotatable bonds is 8. The summed E-state index contributed by atoms with van der Waals surface area (Å²) < 4.78 is 10.9. The lowest BCUT2D eigenvalue weighted by molar-refractivity contribution is -0.384. The standard InChI is InChI=1S/C25H25N3O6/c1-16-10-13-22(33-4)19(14-16)26-24(29)23(17-8-6-5-7-9-17)34-25(30)18-11-12-20(27(2)3)21(15-18)28(31)32/h5-15,23H,1-4H3,(H,26,29). The molecular weight excluding hydrogens is 438 g/mol. The van der Waals surface area contributed by atoms with Crippen LogP contribution in [0.15, 0.2) is 66.7 Å². The molecule has 0 aromatic heterocycles. The Kier molecular flexibility index (Phi) is 7.47. The number of amides is 1. The van der Waals surface area contributed by atoms with Crippen LogP contribution in [0.5, 0.6) is 5.75 Å². The van der Waals surface area contributed by atoms with Gasteiger partial charge in [-0.15, -0.1) is 0 Å². The van der Waals surface area contributed by atoms with Gasteiger partial charge in [-0.05, 0) is 36.8 Å². The van der Waals surface area contributed by atoms with E-state index in [1.54, 1.807) is 61.5 Å². The summed E-state index contributed by atoms with van der Waals surface area (Å²) in [5.41, 5.74) is 1.82. The van der Waals surface area contributed by atoms with Crippen molar-refractivity contribution in [1.82, 2.24) is 0 Å². The van der Waals surface area contributed by atoms with Crippen LogP contribution in [-0.4, -0.2) is 38.0 Å². The molecule has 1 unspecified atom stereocenters. The van der Waals surface area contributed by atoms with Gasteiger partial charge in [0.05, 0.1) is 23.3 Å². The third kappa shape index (κ3) is 5.50. The van der Waals surface area contributed by atoms with Gasteiger partial charge in [0.1, 0.15) is 11.4 Å². The number of hydrogen-bond acceptors (Lipinski definition) is 7. The molecule has 0 aliphatic rings. The first-order valence-corrected chi connectivity index (χ1v) is 10.4. The first-order chi connectivity index (χ1) is 16.2. The number of nitrogens with one attached hydrogen (secondary N) is 1. The Morgan fingerprint density at radius 3 is 2.35 bits per heavy atom. The van der Waals surface area contributed by atoms with E-state index in [2.05, 4.69) is 5.32 Å². The average Bonchev–Trinajstić information content (AvgIpc) is 2.82. The van der Waals surface area contributed by atoms with Gasteiger partial charge < -0.3 is 19.7 Å². The van der Waals surface area contributed by atoms with Crippen molar-refractivity contribution in [3.63, 3.8) is 0 Å². The van der Waals surface area contributed by atoms with Gasteiger partial charge >= 0.3 is 5.97 Å². The van der Waals surface area contributed by atoms with Crippen LogP contribution in [0.1, 0.15) is 27.6 Å². The fourth-order valence-electron chi connectivity index (χ4n) is 3.37. The van der Waals surface area contributed by atoms with Crippen LogP contribution in [0.2, 0.25) is 0 Å². The van der Waals surface area contributed by atoms with Crippen LogP contribution in [0.3, 0.4) is 0 Å². The zero-order chi connectivity index (χ0) is 24.8. The summed E-state index contributed by atoms with van der Waals surface area (Å²) in [6.07, 6.45) is -1.30. The largest absolute Gasteiger partial charge is 0.495 e. The number of ether oxygens (including phenoxy) is 2. The number of benzene rings is 3. The summed E-state index contributed by atoms with van der Waals surface area (Å²) in [7, 11) is 4.81. The molecule has 3 aromatic rings. The van der Waals surface area contributed by atoms with Crippen molar-refractivity contribution in [3.05, 3.63) is 93.5 Å². The van der Waals surface area contributed by atoms with Gasteiger partial charge in [0.15, 0.2) is 0 Å². The first kappa shape index (κ1) is 24.2. The van der Waals surface area contributed by atoms with E-state index in [1.165, 1.54) is 19.2 Å². The number of anilines is 2. The van der Waals surface area contributed by atoms with Crippen LogP contribution >= 0.6 is 0 Å². The predicted octanol–water partition coefficient (Wildman–Crippen LogP) is 4.51. The Labute approximate surface area is 197 Å². The Hall–Kier alpha value is -4.40. The van der Waals surface area contributed by atoms with Crippen molar-refractivity contribution in [2.24, 2.45) is 0 Å². The number of nitro benzene ring substituents is 1. The highest BCUT2D eigenvalue weighted by Crippen LogP contribution is 2.30. The third-order valence-corrected chi connectivity index (χ3v) is 5.07. The molecule has 0 heterocycles. The molecule has 1 atom stereocenters. The second kappa shape index (κ2) is 10.5. The molecule has 34 heavy (non-hydrogen) atoms. The molecule has 0 aliphatic carbocycles. The molecule has 9 nitrogen and oxygen atoms in total. The van der Waals surface area contributed by atoms with E-state index in [0.717, 1.165) is 11.6 Å². The van der Waals surface area contributed by atoms with Gasteiger partial charge in [0.25, 0.3) is 11.6 Å². The number of carbonyl (C=O) groups is 2. The quantitative estimate of drug-likeness (QED) is 0.297. The van der Waals surface area contributed by atoms with Crippen molar-refractivity contribution in [2.75, 3.05) is 31.4 Å². The van der Waals surface area contributed by atoms with Gasteiger partial charge in [-0.1, -0.05) is 36.4 Å². The molecule has 1 N–H and O–H groups in total. The van der Waals surface area contributed by atoms with Crippen LogP contribution in [0.4, 0.5) is 17.1 Å². The molecule has 0 radical (unpaired) electrons. The molecule has 0 aliphatic heterocycles. The molecule has 0 bridgehead atoms. The number of esters is 1. The zero-order valence-electron chi connectivity index (χ0n) is 19.3. The number of carbonyl (C=O) groups excluding carboxylic acids is 2. The van der Waals surface area contributed by atoms with E-state index in [0.29, 0.717) is 22.7 Å². The average molecular weight is 463 g/mol. The summed E-state index contributed by atoms with van der Waals surface area (Å²) in [5.74, 6) is -1.01. The number of nitrogens with zero attached hydrogens (tertiary/aromatic N) is 2. The minimum atomic E-state index is -1.30. The molecule has 176 valence electrons. The van der Waals surface area contributed by atoms with Crippen LogP contribution in [-0.2, 0) is 9.53 Å². The van der Waals surface area contributed by atoms with E-state index < -0.39 is 22.9 Å². The fraction of sp³-hybridized carbons (Fsp3) is 0.200. The molecule has 3 rings (SSSR count). The number of methoxy groups -OCH3 is 1. The number of aryl methyl sites for hydroxylation is 1. The van der Waals surface area contributed by atoms with E-state index in [9.17, 15) is 19.7 Å². The molecule has 0 spiro atoms. The lowest BCUT2D eigenvalue weighted by atomic mass is 10.1. The number of hydrogen-bond donors (Lipinski definition) is 1. The first-order valence-electron chi connectivity index (χ1n) is 10.4. The van der Waals surface area contributed by atoms with Gasteiger partial charge in [0, 0.05) is 25.7 Å². The Morgan fingerprint density at radius 2 is 1.74 bits per heavy atom. The summed E-state index contributed by atoms with van der Waals surface area (Å²) in [6, 6.07) is 17.8. The smallest absolute Gasteiger partial charge is 0.339 e. The van der Waals surface area contributed by atoms with E-state index >= 15 is 0 Å². The molecule has 0 saturated heterocycles. The monoisotopic (exact) mass is 463 g/mol. The molecule has 0 saturated carbocycles. The summed E-state index contributed by atoms with van der Waals surface area (Å²) in [5, 5.41) is 14.3. The maximum atomic E-state index is 13.2. The zero-order valence-corrected chi connectivity index (χ0v) is 19.3. The maximum absolute atomic E-state index is 13.2. The molecule has 1 amide bonds. The lowest BCUT2D eigenvalue weighted by Gasteiger charge is -2.19. The van der Waals surface area contributed by atoms with E-state index in [4.69, 9.17) is 9.47 Å².